The molecule has 2 rings (SSSR count). The Kier molecular flexibility index (Phi) is 3.57. The second kappa shape index (κ2) is 4.63. The average Bonchev–Trinajstić information content (AvgIpc) is 2.99. The van der Waals surface area contributed by atoms with Crippen LogP contribution < -0.4 is 5.32 Å². The number of aliphatic hydroxyl groups is 1. The molecule has 2 aliphatic carbocycles. The number of hydrogen-bond donors (Lipinski definition) is 2. The van der Waals surface area contributed by atoms with Crippen molar-refractivity contribution in [3.05, 3.63) is 0 Å². The highest BCUT2D eigenvalue weighted by atomic mass is 16.3. The molecule has 0 aliphatic heterocycles. The van der Waals surface area contributed by atoms with E-state index in [0.717, 1.165) is 18.9 Å². The Labute approximate surface area is 99.2 Å². The van der Waals surface area contributed by atoms with Crippen LogP contribution in [0.5, 0.6) is 0 Å². The molecular formula is C13H26N2O. The van der Waals surface area contributed by atoms with Gasteiger partial charge in [0.2, 0.25) is 0 Å². The third kappa shape index (κ3) is 2.58. The van der Waals surface area contributed by atoms with Crippen molar-refractivity contribution in [3.8, 4) is 0 Å². The van der Waals surface area contributed by atoms with Crippen molar-refractivity contribution < 1.29 is 5.11 Å². The summed E-state index contributed by atoms with van der Waals surface area (Å²) in [4.78, 5) is 2.54. The zero-order valence-corrected chi connectivity index (χ0v) is 10.9. The Morgan fingerprint density at radius 1 is 1.31 bits per heavy atom. The van der Waals surface area contributed by atoms with Crippen molar-refractivity contribution in [1.29, 1.82) is 0 Å². The lowest BCUT2D eigenvalue weighted by Crippen LogP contribution is -2.50. The van der Waals surface area contributed by atoms with Crippen LogP contribution in [0.25, 0.3) is 0 Å². The first-order valence-electron chi connectivity index (χ1n) is 6.67. The molecule has 0 aromatic heterocycles. The Bertz CT molecular complexity index is 240. The van der Waals surface area contributed by atoms with Gasteiger partial charge in [0.05, 0.1) is 6.61 Å². The normalized spacial score (nSPS) is 35.2. The van der Waals surface area contributed by atoms with Crippen LogP contribution in [0, 0.1) is 0 Å². The summed E-state index contributed by atoms with van der Waals surface area (Å²) in [6.07, 6.45) is 6.19. The van der Waals surface area contributed by atoms with Crippen LogP contribution in [0.15, 0.2) is 0 Å². The molecular weight excluding hydrogens is 200 g/mol. The molecule has 2 aliphatic rings. The van der Waals surface area contributed by atoms with Gasteiger partial charge in [-0.2, -0.15) is 0 Å². The second-order valence-electron chi connectivity index (χ2n) is 6.03. The molecule has 0 bridgehead atoms. The van der Waals surface area contributed by atoms with E-state index in [2.05, 4.69) is 31.1 Å². The minimum atomic E-state index is -0.0119. The van der Waals surface area contributed by atoms with Gasteiger partial charge in [-0.15, -0.1) is 0 Å². The maximum absolute atomic E-state index is 9.64. The van der Waals surface area contributed by atoms with Gasteiger partial charge in [0.15, 0.2) is 0 Å². The van der Waals surface area contributed by atoms with Gasteiger partial charge in [-0.25, -0.2) is 0 Å². The molecule has 2 saturated carbocycles. The average molecular weight is 226 g/mol. The zero-order chi connectivity index (χ0) is 11.8. The van der Waals surface area contributed by atoms with Crippen LogP contribution in [-0.2, 0) is 0 Å². The maximum Gasteiger partial charge on any atom is 0.0614 e. The molecule has 0 aromatic carbocycles. The quantitative estimate of drug-likeness (QED) is 0.743. The molecule has 0 spiro atoms. The molecule has 0 heterocycles. The molecule has 2 fully saturated rings. The molecule has 3 heteroatoms. The SMILES string of the molecule is CC(C)NC1(CO)CCC(N(C)C2CC2)C1. The summed E-state index contributed by atoms with van der Waals surface area (Å²) in [7, 11) is 2.26. The van der Waals surface area contributed by atoms with E-state index in [1.54, 1.807) is 0 Å². The number of rotatable bonds is 5. The summed E-state index contributed by atoms with van der Waals surface area (Å²) in [5.74, 6) is 0. The first kappa shape index (κ1) is 12.3. The van der Waals surface area contributed by atoms with Gasteiger partial charge < -0.3 is 15.3 Å². The summed E-state index contributed by atoms with van der Waals surface area (Å²) in [6.45, 7) is 4.60. The lowest BCUT2D eigenvalue weighted by Gasteiger charge is -2.32. The number of aliphatic hydroxyl groups excluding tert-OH is 1. The van der Waals surface area contributed by atoms with Gasteiger partial charge in [-0.1, -0.05) is 13.8 Å². The van der Waals surface area contributed by atoms with Gasteiger partial charge in [-0.3, -0.25) is 0 Å². The smallest absolute Gasteiger partial charge is 0.0614 e. The summed E-state index contributed by atoms with van der Waals surface area (Å²) >= 11 is 0. The van der Waals surface area contributed by atoms with Gasteiger partial charge in [0, 0.05) is 23.7 Å². The van der Waals surface area contributed by atoms with Gasteiger partial charge in [-0.05, 0) is 39.2 Å². The van der Waals surface area contributed by atoms with Crippen LogP contribution in [0.1, 0.15) is 46.0 Å². The van der Waals surface area contributed by atoms with Crippen LogP contribution in [0.3, 0.4) is 0 Å². The molecule has 0 aromatic rings. The fraction of sp³-hybridized carbons (Fsp3) is 1.00. The molecule has 2 N–H and O–H groups in total. The summed E-state index contributed by atoms with van der Waals surface area (Å²) in [5, 5.41) is 13.2. The van der Waals surface area contributed by atoms with Crippen molar-refractivity contribution in [2.45, 2.75) is 69.6 Å². The van der Waals surface area contributed by atoms with Crippen LogP contribution in [0.4, 0.5) is 0 Å². The van der Waals surface area contributed by atoms with E-state index in [0.29, 0.717) is 12.1 Å². The minimum Gasteiger partial charge on any atom is -0.394 e. The van der Waals surface area contributed by atoms with Crippen LogP contribution >= 0.6 is 0 Å². The van der Waals surface area contributed by atoms with Crippen LogP contribution in [0.2, 0.25) is 0 Å². The van der Waals surface area contributed by atoms with E-state index in [1.807, 2.05) is 0 Å². The van der Waals surface area contributed by atoms with E-state index in [9.17, 15) is 5.11 Å². The van der Waals surface area contributed by atoms with Crippen molar-refractivity contribution >= 4 is 0 Å². The van der Waals surface area contributed by atoms with Crippen molar-refractivity contribution in [2.75, 3.05) is 13.7 Å². The fourth-order valence-electron chi connectivity index (χ4n) is 3.16. The van der Waals surface area contributed by atoms with E-state index in [-0.39, 0.29) is 12.1 Å². The van der Waals surface area contributed by atoms with E-state index >= 15 is 0 Å². The molecule has 94 valence electrons. The third-order valence-corrected chi connectivity index (χ3v) is 4.18. The van der Waals surface area contributed by atoms with Crippen molar-refractivity contribution in [2.24, 2.45) is 0 Å². The Hall–Kier alpha value is -0.120. The molecule has 16 heavy (non-hydrogen) atoms. The molecule has 2 atom stereocenters. The molecule has 0 radical (unpaired) electrons. The second-order valence-corrected chi connectivity index (χ2v) is 6.03. The Morgan fingerprint density at radius 3 is 2.50 bits per heavy atom. The number of hydrogen-bond acceptors (Lipinski definition) is 3. The van der Waals surface area contributed by atoms with Crippen molar-refractivity contribution in [1.82, 2.24) is 10.2 Å². The third-order valence-electron chi connectivity index (χ3n) is 4.18. The molecule has 2 unspecified atom stereocenters. The van der Waals surface area contributed by atoms with E-state index in [1.165, 1.54) is 19.3 Å². The highest BCUT2D eigenvalue weighted by Gasteiger charge is 2.43. The summed E-state index contributed by atoms with van der Waals surface area (Å²) < 4.78 is 0. The monoisotopic (exact) mass is 226 g/mol. The van der Waals surface area contributed by atoms with Gasteiger partial charge >= 0.3 is 0 Å². The fourth-order valence-corrected chi connectivity index (χ4v) is 3.16. The maximum atomic E-state index is 9.64. The van der Waals surface area contributed by atoms with E-state index in [4.69, 9.17) is 0 Å². The standard InChI is InChI=1S/C13H26N2O/c1-10(2)14-13(9-16)7-6-12(8-13)15(3)11-4-5-11/h10-12,14,16H,4-9H2,1-3H3. The van der Waals surface area contributed by atoms with Crippen molar-refractivity contribution in [3.63, 3.8) is 0 Å². The van der Waals surface area contributed by atoms with Crippen LogP contribution in [-0.4, -0.2) is 47.3 Å². The molecule has 0 saturated heterocycles. The lowest BCUT2D eigenvalue weighted by atomic mass is 9.97. The largest absolute Gasteiger partial charge is 0.394 e. The van der Waals surface area contributed by atoms with Gasteiger partial charge in [0.1, 0.15) is 0 Å². The van der Waals surface area contributed by atoms with Gasteiger partial charge in [0.25, 0.3) is 0 Å². The summed E-state index contributed by atoms with van der Waals surface area (Å²) in [5.41, 5.74) is -0.0119. The first-order valence-corrected chi connectivity index (χ1v) is 6.67. The number of nitrogens with one attached hydrogen (secondary N) is 1. The predicted molar refractivity (Wildman–Crippen MR) is 66.5 cm³/mol. The Morgan fingerprint density at radius 2 is 2.00 bits per heavy atom. The minimum absolute atomic E-state index is 0.0119. The highest BCUT2D eigenvalue weighted by Crippen LogP contribution is 2.37. The Balaban J connectivity index is 1.92. The lowest BCUT2D eigenvalue weighted by molar-refractivity contribution is 0.141. The topological polar surface area (TPSA) is 35.5 Å². The molecule has 3 nitrogen and oxygen atoms in total. The van der Waals surface area contributed by atoms with E-state index < -0.39 is 0 Å². The summed E-state index contributed by atoms with van der Waals surface area (Å²) in [6, 6.07) is 1.96. The zero-order valence-electron chi connectivity index (χ0n) is 10.9. The number of nitrogens with zero attached hydrogens (tertiary/aromatic N) is 1. The first-order chi connectivity index (χ1) is 7.56. The molecule has 0 amide bonds. The predicted octanol–water partition coefficient (Wildman–Crippen LogP) is 1.36. The highest BCUT2D eigenvalue weighted by molar-refractivity contribution is 5.01.